The van der Waals surface area contributed by atoms with Crippen LogP contribution in [0, 0.1) is 10.1 Å². The second kappa shape index (κ2) is 7.99. The van der Waals surface area contributed by atoms with Gasteiger partial charge in [0, 0.05) is 12.3 Å². The summed E-state index contributed by atoms with van der Waals surface area (Å²) < 4.78 is 0. The number of nitro benzene ring substituents is 1. The minimum absolute atomic E-state index is 0.00110. The molecule has 1 amide bonds. The Morgan fingerprint density at radius 3 is 2.92 bits per heavy atom. The summed E-state index contributed by atoms with van der Waals surface area (Å²) in [5.41, 5.74) is 3.76. The summed E-state index contributed by atoms with van der Waals surface area (Å²) in [5.74, 6) is -0.459. The van der Waals surface area contributed by atoms with Crippen molar-refractivity contribution in [2.45, 2.75) is 0 Å². The Kier molecular flexibility index (Phi) is 5.30. The molecular formula is C17H13N5O3S. The normalized spacial score (nSPS) is 11.2. The van der Waals surface area contributed by atoms with E-state index in [1.54, 1.807) is 24.3 Å². The lowest BCUT2D eigenvalue weighted by molar-refractivity contribution is -0.385. The number of carbonyl (C=O) groups excluding carboxylic acids is 1. The number of hydrogen-bond donors (Lipinski definition) is 2. The number of rotatable bonds is 6. The van der Waals surface area contributed by atoms with Crippen LogP contribution < -0.4 is 5.43 Å². The highest BCUT2D eigenvalue weighted by molar-refractivity contribution is 7.13. The summed E-state index contributed by atoms with van der Waals surface area (Å²) in [6.45, 7) is 0. The fraction of sp³-hybridized carbons (Fsp3) is 0. The van der Waals surface area contributed by atoms with Crippen LogP contribution in [0.5, 0.6) is 0 Å². The molecule has 0 saturated carbocycles. The van der Waals surface area contributed by atoms with E-state index in [-0.39, 0.29) is 11.4 Å². The molecule has 0 aliphatic heterocycles. The summed E-state index contributed by atoms with van der Waals surface area (Å²) in [4.78, 5) is 23.4. The van der Waals surface area contributed by atoms with E-state index < -0.39 is 10.8 Å². The van der Waals surface area contributed by atoms with Gasteiger partial charge < -0.3 is 0 Å². The minimum Gasteiger partial charge on any atom is -0.276 e. The molecule has 9 heteroatoms. The fourth-order valence-corrected chi connectivity index (χ4v) is 2.83. The summed E-state index contributed by atoms with van der Waals surface area (Å²) in [6.07, 6.45) is 4.38. The highest BCUT2D eigenvalue weighted by Crippen LogP contribution is 2.22. The van der Waals surface area contributed by atoms with E-state index in [0.717, 1.165) is 10.6 Å². The van der Waals surface area contributed by atoms with Gasteiger partial charge in [0.1, 0.15) is 0 Å². The quantitative estimate of drug-likeness (QED) is 0.394. The van der Waals surface area contributed by atoms with Crippen LogP contribution in [-0.4, -0.2) is 27.2 Å². The summed E-state index contributed by atoms with van der Waals surface area (Å²) in [5, 5.41) is 23.4. The van der Waals surface area contributed by atoms with Gasteiger partial charge in [-0.3, -0.25) is 20.0 Å². The monoisotopic (exact) mass is 367 g/mol. The predicted octanol–water partition coefficient (Wildman–Crippen LogP) is 3.48. The lowest BCUT2D eigenvalue weighted by Crippen LogP contribution is -2.17. The molecule has 0 saturated heterocycles. The van der Waals surface area contributed by atoms with Crippen LogP contribution in [0.3, 0.4) is 0 Å². The van der Waals surface area contributed by atoms with E-state index in [1.165, 1.54) is 35.8 Å². The van der Waals surface area contributed by atoms with Crippen LogP contribution in [0.15, 0.2) is 59.0 Å². The van der Waals surface area contributed by atoms with Crippen LogP contribution in [0.25, 0.3) is 16.6 Å². The number of hydrazone groups is 1. The van der Waals surface area contributed by atoms with Crippen molar-refractivity contribution < 1.29 is 9.72 Å². The fourth-order valence-electron chi connectivity index (χ4n) is 2.13. The minimum atomic E-state index is -0.459. The molecule has 3 aromatic rings. The third-order valence-electron chi connectivity index (χ3n) is 3.33. The lowest BCUT2D eigenvalue weighted by Gasteiger charge is -1.95. The van der Waals surface area contributed by atoms with E-state index in [0.29, 0.717) is 5.56 Å². The van der Waals surface area contributed by atoms with E-state index in [2.05, 4.69) is 20.7 Å². The summed E-state index contributed by atoms with van der Waals surface area (Å²) in [6, 6.07) is 11.8. The molecule has 0 aliphatic carbocycles. The molecule has 0 spiro atoms. The molecule has 0 atom stereocenters. The van der Waals surface area contributed by atoms with Crippen LogP contribution in [0.2, 0.25) is 0 Å². The number of thiophene rings is 1. The number of para-hydroxylation sites is 1. The van der Waals surface area contributed by atoms with Gasteiger partial charge >= 0.3 is 0 Å². The number of aromatic nitrogens is 2. The van der Waals surface area contributed by atoms with Gasteiger partial charge in [0.05, 0.1) is 21.1 Å². The molecule has 0 radical (unpaired) electrons. The van der Waals surface area contributed by atoms with E-state index >= 15 is 0 Å². The first kappa shape index (κ1) is 17.2. The van der Waals surface area contributed by atoms with Crippen molar-refractivity contribution in [2.75, 3.05) is 0 Å². The van der Waals surface area contributed by atoms with Gasteiger partial charge in [-0.25, -0.2) is 5.43 Å². The number of nitro groups is 1. The van der Waals surface area contributed by atoms with Gasteiger partial charge in [0.2, 0.25) is 0 Å². The highest BCUT2D eigenvalue weighted by Gasteiger charge is 2.11. The maximum atomic E-state index is 12.0. The number of H-pyrrole nitrogens is 1. The van der Waals surface area contributed by atoms with E-state index in [9.17, 15) is 14.9 Å². The van der Waals surface area contributed by atoms with Gasteiger partial charge in [-0.05, 0) is 35.7 Å². The molecule has 0 aliphatic rings. The molecule has 26 heavy (non-hydrogen) atoms. The van der Waals surface area contributed by atoms with Gasteiger partial charge in [0.25, 0.3) is 11.6 Å². The van der Waals surface area contributed by atoms with Crippen LogP contribution in [-0.2, 0) is 0 Å². The third kappa shape index (κ3) is 4.08. The number of carbonyl (C=O) groups is 1. The zero-order valence-corrected chi connectivity index (χ0v) is 14.1. The van der Waals surface area contributed by atoms with Crippen LogP contribution in [0.4, 0.5) is 5.69 Å². The van der Waals surface area contributed by atoms with Crippen molar-refractivity contribution in [1.82, 2.24) is 15.6 Å². The standard InChI is InChI=1S/C17H13N5O3S/c23-17(14-11-13(19-20-14)16-8-4-10-26-16)21-18-9-3-6-12-5-1-2-7-15(12)22(24)25/h1-11H,(H,19,20)(H,21,23)/b6-3-,18-9+. The third-order valence-corrected chi connectivity index (χ3v) is 4.24. The molecule has 2 N–H and O–H groups in total. The van der Waals surface area contributed by atoms with Crippen molar-refractivity contribution in [2.24, 2.45) is 5.10 Å². The Hall–Kier alpha value is -3.59. The number of nitrogens with zero attached hydrogens (tertiary/aromatic N) is 3. The molecule has 0 fully saturated rings. The number of benzene rings is 1. The average molecular weight is 367 g/mol. The molecule has 0 bridgehead atoms. The Morgan fingerprint density at radius 1 is 1.31 bits per heavy atom. The van der Waals surface area contributed by atoms with Crippen molar-refractivity contribution in [3.8, 4) is 10.6 Å². The van der Waals surface area contributed by atoms with E-state index in [1.807, 2.05) is 17.5 Å². The Balaban J connectivity index is 1.59. The zero-order chi connectivity index (χ0) is 18.4. The number of nitrogens with one attached hydrogen (secondary N) is 2. The van der Waals surface area contributed by atoms with E-state index in [4.69, 9.17) is 0 Å². The first-order valence-electron chi connectivity index (χ1n) is 7.48. The van der Waals surface area contributed by atoms with Crippen molar-refractivity contribution >= 4 is 35.2 Å². The average Bonchev–Trinajstić information content (AvgIpc) is 3.33. The molecular weight excluding hydrogens is 354 g/mol. The van der Waals surface area contributed by atoms with Gasteiger partial charge in [0.15, 0.2) is 5.69 Å². The molecule has 2 heterocycles. The first-order valence-corrected chi connectivity index (χ1v) is 8.36. The van der Waals surface area contributed by atoms with Crippen LogP contribution in [0.1, 0.15) is 16.1 Å². The molecule has 1 aromatic carbocycles. The molecule has 3 rings (SSSR count). The molecule has 130 valence electrons. The maximum Gasteiger partial charge on any atom is 0.291 e. The van der Waals surface area contributed by atoms with Crippen molar-refractivity contribution in [3.05, 3.63) is 75.3 Å². The van der Waals surface area contributed by atoms with Gasteiger partial charge in [-0.1, -0.05) is 18.2 Å². The summed E-state index contributed by atoms with van der Waals surface area (Å²) >= 11 is 1.54. The number of aromatic amines is 1. The largest absolute Gasteiger partial charge is 0.291 e. The highest BCUT2D eigenvalue weighted by atomic mass is 32.1. The number of amides is 1. The second-order valence-corrected chi connectivity index (χ2v) is 5.99. The Labute approximate surface area is 152 Å². The zero-order valence-electron chi connectivity index (χ0n) is 13.3. The Morgan fingerprint density at radius 2 is 2.15 bits per heavy atom. The molecule has 0 unspecified atom stereocenters. The summed E-state index contributed by atoms with van der Waals surface area (Å²) in [7, 11) is 0. The first-order chi connectivity index (χ1) is 12.6. The number of hydrogen-bond acceptors (Lipinski definition) is 6. The molecule has 8 nitrogen and oxygen atoms in total. The molecule has 2 aromatic heterocycles. The SMILES string of the molecule is O=C(N/N=C/C=C\c1ccccc1[N+](=O)[O-])c1cc(-c2cccs2)[nH]n1. The second-order valence-electron chi connectivity index (χ2n) is 5.04. The van der Waals surface area contributed by atoms with Gasteiger partial charge in [-0.15, -0.1) is 11.3 Å². The van der Waals surface area contributed by atoms with Crippen LogP contribution >= 0.6 is 11.3 Å². The predicted molar refractivity (Wildman–Crippen MR) is 100.0 cm³/mol. The maximum absolute atomic E-state index is 12.0. The lowest BCUT2D eigenvalue weighted by atomic mass is 10.2. The Bertz CT molecular complexity index is 976. The smallest absolute Gasteiger partial charge is 0.276 e. The van der Waals surface area contributed by atoms with Gasteiger partial charge in [-0.2, -0.15) is 10.2 Å². The number of allylic oxidation sites excluding steroid dienone is 1. The topological polar surface area (TPSA) is 113 Å². The van der Waals surface area contributed by atoms with Crippen molar-refractivity contribution in [3.63, 3.8) is 0 Å². The van der Waals surface area contributed by atoms with Crippen molar-refractivity contribution in [1.29, 1.82) is 0 Å².